The molecule has 248 valence electrons. The minimum atomic E-state index is -0.0277. The minimum Gasteiger partial charge on any atom is -0.394 e. The van der Waals surface area contributed by atoms with Crippen LogP contribution in [-0.2, 0) is 37.9 Å². The van der Waals surface area contributed by atoms with E-state index in [1.54, 1.807) is 0 Å². The number of hydrogen-bond donors (Lipinski definition) is 1. The molecule has 0 aliphatic rings. The quantitative estimate of drug-likeness (QED) is 0.0958. The highest BCUT2D eigenvalue weighted by atomic mass is 16.6. The van der Waals surface area contributed by atoms with E-state index < -0.39 is 0 Å². The first kappa shape index (κ1) is 40.6. The highest BCUT2D eigenvalue weighted by molar-refractivity contribution is 4.57. The number of ether oxygens (including phenoxy) is 8. The molecule has 4 atom stereocenters. The van der Waals surface area contributed by atoms with Crippen LogP contribution in [0, 0.1) is 0 Å². The lowest BCUT2D eigenvalue weighted by Crippen LogP contribution is -2.28. The number of aliphatic hydroxyl groups excluding tert-OH is 1. The maximum absolute atomic E-state index is 8.61. The van der Waals surface area contributed by atoms with E-state index in [-0.39, 0.29) is 31.0 Å². The number of hydrogen-bond acceptors (Lipinski definition) is 9. The summed E-state index contributed by atoms with van der Waals surface area (Å²) in [5.74, 6) is 0. The number of unbranched alkanes of at least 4 members (excludes halogenated alkanes) is 9. The smallest absolute Gasteiger partial charge is 0.0781 e. The first-order valence-corrected chi connectivity index (χ1v) is 16.4. The Bertz CT molecular complexity index is 498. The van der Waals surface area contributed by atoms with Crippen molar-refractivity contribution in [2.45, 2.75) is 123 Å². The first-order valence-electron chi connectivity index (χ1n) is 16.4. The Morgan fingerprint density at radius 3 is 1.27 bits per heavy atom. The summed E-state index contributed by atoms with van der Waals surface area (Å²) in [6, 6.07) is 0. The first-order chi connectivity index (χ1) is 20.0. The Morgan fingerprint density at radius 2 is 0.780 bits per heavy atom. The molecular weight excluding hydrogens is 528 g/mol. The Balaban J connectivity index is 3.49. The van der Waals surface area contributed by atoms with Gasteiger partial charge in [-0.1, -0.05) is 64.7 Å². The van der Waals surface area contributed by atoms with E-state index in [2.05, 4.69) is 13.8 Å². The van der Waals surface area contributed by atoms with Gasteiger partial charge in [0.1, 0.15) is 0 Å². The predicted octanol–water partition coefficient (Wildman–Crippen LogP) is 5.59. The van der Waals surface area contributed by atoms with Gasteiger partial charge in [-0.05, 0) is 34.1 Å². The fourth-order valence-electron chi connectivity index (χ4n) is 3.95. The van der Waals surface area contributed by atoms with Crippen LogP contribution in [0.5, 0.6) is 0 Å². The van der Waals surface area contributed by atoms with Crippen molar-refractivity contribution in [2.24, 2.45) is 0 Å². The van der Waals surface area contributed by atoms with Crippen LogP contribution < -0.4 is 0 Å². The molecule has 0 bridgehead atoms. The Hall–Kier alpha value is -0.360. The Morgan fingerprint density at radius 1 is 0.390 bits per heavy atom. The molecule has 0 aliphatic carbocycles. The van der Waals surface area contributed by atoms with Crippen LogP contribution in [0.15, 0.2) is 0 Å². The summed E-state index contributed by atoms with van der Waals surface area (Å²) in [7, 11) is 0. The van der Waals surface area contributed by atoms with E-state index in [0.29, 0.717) is 72.7 Å². The van der Waals surface area contributed by atoms with E-state index in [9.17, 15) is 0 Å². The molecule has 0 aromatic carbocycles. The van der Waals surface area contributed by atoms with Gasteiger partial charge >= 0.3 is 0 Å². The van der Waals surface area contributed by atoms with Crippen LogP contribution in [-0.4, -0.2) is 115 Å². The third-order valence-electron chi connectivity index (χ3n) is 6.45. The normalized spacial score (nSPS) is 14.8. The molecule has 4 unspecified atom stereocenters. The zero-order valence-corrected chi connectivity index (χ0v) is 27.3. The zero-order chi connectivity index (χ0) is 30.2. The van der Waals surface area contributed by atoms with Gasteiger partial charge < -0.3 is 43.0 Å². The van der Waals surface area contributed by atoms with E-state index in [1.165, 1.54) is 57.8 Å². The Kier molecular flexibility index (Phi) is 32.3. The van der Waals surface area contributed by atoms with E-state index in [0.717, 1.165) is 13.0 Å². The van der Waals surface area contributed by atoms with Crippen LogP contribution >= 0.6 is 0 Å². The van der Waals surface area contributed by atoms with Crippen molar-refractivity contribution in [2.75, 3.05) is 85.9 Å². The molecule has 0 aromatic heterocycles. The fraction of sp³-hybridized carbons (Fsp3) is 1.00. The highest BCUT2D eigenvalue weighted by Crippen LogP contribution is 2.10. The van der Waals surface area contributed by atoms with Crippen molar-refractivity contribution in [1.82, 2.24) is 0 Å². The maximum atomic E-state index is 8.61. The van der Waals surface area contributed by atoms with Crippen LogP contribution in [0.1, 0.15) is 98.8 Å². The number of rotatable bonds is 34. The average Bonchev–Trinajstić information content (AvgIpc) is 2.97. The standard InChI is InChI=1S/C32H66O9/c1-6-7-8-9-10-11-12-13-14-15-17-37-25-29(2)39-27-31(4)41-28-32(5)40-26-30(3)38-24-23-36-22-21-35-20-19-34-18-16-33/h29-33H,6-28H2,1-5H3. The van der Waals surface area contributed by atoms with Crippen molar-refractivity contribution < 1.29 is 43.0 Å². The molecule has 41 heavy (non-hydrogen) atoms. The SMILES string of the molecule is CCCCCCCCCCCCOCC(C)OCC(C)OCC(C)OCC(C)OCCOCCOCCOCCO. The van der Waals surface area contributed by atoms with Crippen LogP contribution in [0.4, 0.5) is 0 Å². The largest absolute Gasteiger partial charge is 0.394 e. The van der Waals surface area contributed by atoms with Crippen LogP contribution in [0.25, 0.3) is 0 Å². The lowest BCUT2D eigenvalue weighted by atomic mass is 10.1. The summed E-state index contributed by atoms with van der Waals surface area (Å²) in [4.78, 5) is 0. The van der Waals surface area contributed by atoms with Gasteiger partial charge in [-0.25, -0.2) is 0 Å². The topological polar surface area (TPSA) is 94.1 Å². The number of aliphatic hydroxyl groups is 1. The van der Waals surface area contributed by atoms with Gasteiger partial charge in [0.05, 0.1) is 104 Å². The summed E-state index contributed by atoms with van der Waals surface area (Å²) in [6.07, 6.45) is 13.4. The summed E-state index contributed by atoms with van der Waals surface area (Å²) in [5, 5.41) is 8.61. The van der Waals surface area contributed by atoms with Gasteiger partial charge in [-0.2, -0.15) is 0 Å². The fourth-order valence-corrected chi connectivity index (χ4v) is 3.95. The lowest BCUT2D eigenvalue weighted by molar-refractivity contribution is -0.0951. The molecule has 9 nitrogen and oxygen atoms in total. The molecule has 9 heteroatoms. The Labute approximate surface area is 252 Å². The van der Waals surface area contributed by atoms with Crippen molar-refractivity contribution in [3.05, 3.63) is 0 Å². The average molecular weight is 595 g/mol. The molecule has 1 N–H and O–H groups in total. The van der Waals surface area contributed by atoms with Crippen LogP contribution in [0.3, 0.4) is 0 Å². The molecule has 0 saturated carbocycles. The summed E-state index contributed by atoms with van der Waals surface area (Å²) in [5.41, 5.74) is 0. The van der Waals surface area contributed by atoms with E-state index in [1.807, 2.05) is 20.8 Å². The van der Waals surface area contributed by atoms with Gasteiger partial charge in [0.15, 0.2) is 0 Å². The molecule has 0 spiro atoms. The summed E-state index contributed by atoms with van der Waals surface area (Å²) in [6.45, 7) is 16.7. The summed E-state index contributed by atoms with van der Waals surface area (Å²) >= 11 is 0. The van der Waals surface area contributed by atoms with Crippen molar-refractivity contribution >= 4 is 0 Å². The van der Waals surface area contributed by atoms with Gasteiger partial charge in [-0.15, -0.1) is 0 Å². The lowest BCUT2D eigenvalue weighted by Gasteiger charge is -2.21. The maximum Gasteiger partial charge on any atom is 0.0781 e. The molecule has 0 aliphatic heterocycles. The third kappa shape index (κ3) is 32.4. The molecule has 0 aromatic rings. The monoisotopic (exact) mass is 594 g/mol. The van der Waals surface area contributed by atoms with Crippen molar-refractivity contribution in [3.63, 3.8) is 0 Å². The summed E-state index contributed by atoms with van der Waals surface area (Å²) < 4.78 is 45.2. The molecule has 0 fully saturated rings. The second-order valence-electron chi connectivity index (χ2n) is 10.9. The van der Waals surface area contributed by atoms with Crippen molar-refractivity contribution in [1.29, 1.82) is 0 Å². The molecule has 0 amide bonds. The molecule has 0 rings (SSSR count). The van der Waals surface area contributed by atoms with Crippen molar-refractivity contribution in [3.8, 4) is 0 Å². The molecule has 0 saturated heterocycles. The molecular formula is C32H66O9. The van der Waals surface area contributed by atoms with Gasteiger partial charge in [0.2, 0.25) is 0 Å². The van der Waals surface area contributed by atoms with Gasteiger partial charge in [0, 0.05) is 6.61 Å². The van der Waals surface area contributed by atoms with Crippen LogP contribution in [0.2, 0.25) is 0 Å². The second-order valence-corrected chi connectivity index (χ2v) is 10.9. The predicted molar refractivity (Wildman–Crippen MR) is 164 cm³/mol. The highest BCUT2D eigenvalue weighted by Gasteiger charge is 2.12. The minimum absolute atomic E-state index is 0.00617. The van der Waals surface area contributed by atoms with Gasteiger partial charge in [-0.3, -0.25) is 0 Å². The van der Waals surface area contributed by atoms with Gasteiger partial charge in [0.25, 0.3) is 0 Å². The molecule has 0 radical (unpaired) electrons. The molecule has 0 heterocycles. The van der Waals surface area contributed by atoms with E-state index in [4.69, 9.17) is 43.0 Å². The third-order valence-corrected chi connectivity index (χ3v) is 6.45. The second kappa shape index (κ2) is 32.6. The zero-order valence-electron chi connectivity index (χ0n) is 27.3. The van der Waals surface area contributed by atoms with E-state index >= 15 is 0 Å².